The normalized spacial score (nSPS) is 11.2. The van der Waals surface area contributed by atoms with Gasteiger partial charge >= 0.3 is 5.97 Å². The lowest BCUT2D eigenvalue weighted by atomic mass is 9.84. The molecule has 0 spiro atoms. The second-order valence-electron chi connectivity index (χ2n) is 4.61. The van der Waals surface area contributed by atoms with Gasteiger partial charge in [0.2, 0.25) is 0 Å². The number of hydrogen-bond donors (Lipinski definition) is 2. The van der Waals surface area contributed by atoms with Gasteiger partial charge in [0.25, 0.3) is 0 Å². The van der Waals surface area contributed by atoms with Crippen LogP contribution in [0.25, 0.3) is 0 Å². The molecule has 0 heterocycles. The fourth-order valence-corrected chi connectivity index (χ4v) is 1.63. The highest BCUT2D eigenvalue weighted by atomic mass is 16.5. The van der Waals surface area contributed by atoms with E-state index in [1.807, 2.05) is 24.3 Å². The Kier molecular flexibility index (Phi) is 4.52. The fraction of sp³-hybridized carbons (Fsp3) is 0.462. The van der Waals surface area contributed by atoms with E-state index in [0.29, 0.717) is 6.54 Å². The predicted molar refractivity (Wildman–Crippen MR) is 66.5 cm³/mol. The minimum atomic E-state index is -0.837. The molecule has 0 fully saturated rings. The average molecular weight is 237 g/mol. The van der Waals surface area contributed by atoms with Gasteiger partial charge in [0, 0.05) is 12.0 Å². The molecule has 0 unspecified atom stereocenters. The summed E-state index contributed by atoms with van der Waals surface area (Å²) >= 11 is 0. The van der Waals surface area contributed by atoms with E-state index in [4.69, 9.17) is 9.84 Å². The van der Waals surface area contributed by atoms with Crippen LogP contribution in [0.2, 0.25) is 0 Å². The Morgan fingerprint density at radius 1 is 1.35 bits per heavy atom. The third-order valence-electron chi connectivity index (χ3n) is 2.71. The van der Waals surface area contributed by atoms with Gasteiger partial charge in [-0.2, -0.15) is 0 Å². The van der Waals surface area contributed by atoms with E-state index < -0.39 is 5.97 Å². The van der Waals surface area contributed by atoms with Gasteiger partial charge in [-0.15, -0.1) is 0 Å². The first-order valence-corrected chi connectivity index (χ1v) is 5.53. The maximum atomic E-state index is 10.4. The third-order valence-corrected chi connectivity index (χ3v) is 2.71. The molecule has 0 saturated carbocycles. The standard InChI is InChI=1S/C13H19NO3/c1-13(2,9-14-8-12(15)16)10-4-6-11(17-3)7-5-10/h4-7,14H,8-9H2,1-3H3,(H,15,16). The minimum absolute atomic E-state index is 0.0143. The smallest absolute Gasteiger partial charge is 0.317 e. The monoisotopic (exact) mass is 237 g/mol. The highest BCUT2D eigenvalue weighted by Gasteiger charge is 2.20. The van der Waals surface area contributed by atoms with E-state index in [9.17, 15) is 4.79 Å². The van der Waals surface area contributed by atoms with E-state index >= 15 is 0 Å². The van der Waals surface area contributed by atoms with E-state index in [2.05, 4.69) is 19.2 Å². The molecular weight excluding hydrogens is 218 g/mol. The molecule has 2 N–H and O–H groups in total. The van der Waals surface area contributed by atoms with Crippen LogP contribution in [-0.2, 0) is 10.2 Å². The highest BCUT2D eigenvalue weighted by molar-refractivity contribution is 5.69. The molecule has 4 nitrogen and oxygen atoms in total. The Morgan fingerprint density at radius 2 is 1.94 bits per heavy atom. The molecule has 17 heavy (non-hydrogen) atoms. The topological polar surface area (TPSA) is 58.6 Å². The number of hydrogen-bond acceptors (Lipinski definition) is 3. The van der Waals surface area contributed by atoms with Crippen LogP contribution in [0, 0.1) is 0 Å². The lowest BCUT2D eigenvalue weighted by Crippen LogP contribution is -2.35. The summed E-state index contributed by atoms with van der Waals surface area (Å²) in [5.41, 5.74) is 1.04. The summed E-state index contributed by atoms with van der Waals surface area (Å²) in [7, 11) is 1.63. The first-order valence-electron chi connectivity index (χ1n) is 5.53. The maximum absolute atomic E-state index is 10.4. The van der Waals surface area contributed by atoms with Crippen LogP contribution in [0.3, 0.4) is 0 Å². The van der Waals surface area contributed by atoms with E-state index in [-0.39, 0.29) is 12.0 Å². The lowest BCUT2D eigenvalue weighted by molar-refractivity contribution is -0.136. The first-order chi connectivity index (χ1) is 7.95. The van der Waals surface area contributed by atoms with Gasteiger partial charge in [0.05, 0.1) is 13.7 Å². The number of carboxylic acids is 1. The number of ether oxygens (including phenoxy) is 1. The number of aliphatic carboxylic acids is 1. The molecule has 1 aromatic rings. The van der Waals surface area contributed by atoms with E-state index in [1.54, 1.807) is 7.11 Å². The lowest BCUT2D eigenvalue weighted by Gasteiger charge is -2.25. The third kappa shape index (κ3) is 4.07. The molecule has 0 bridgehead atoms. The van der Waals surface area contributed by atoms with Crippen LogP contribution in [0.15, 0.2) is 24.3 Å². The van der Waals surface area contributed by atoms with Crippen molar-refractivity contribution in [3.05, 3.63) is 29.8 Å². The van der Waals surface area contributed by atoms with Gasteiger partial charge in [0.1, 0.15) is 5.75 Å². The van der Waals surface area contributed by atoms with Crippen molar-refractivity contribution in [1.82, 2.24) is 5.32 Å². The number of carbonyl (C=O) groups is 1. The van der Waals surface area contributed by atoms with Crippen LogP contribution in [0.1, 0.15) is 19.4 Å². The molecule has 0 atom stereocenters. The molecule has 0 saturated heterocycles. The highest BCUT2D eigenvalue weighted by Crippen LogP contribution is 2.24. The zero-order valence-electron chi connectivity index (χ0n) is 10.5. The molecule has 1 rings (SSSR count). The Balaban J connectivity index is 2.64. The van der Waals surface area contributed by atoms with Crippen molar-refractivity contribution in [2.75, 3.05) is 20.2 Å². The zero-order valence-corrected chi connectivity index (χ0v) is 10.5. The second kappa shape index (κ2) is 5.68. The average Bonchev–Trinajstić information content (AvgIpc) is 2.28. The van der Waals surface area contributed by atoms with Crippen molar-refractivity contribution >= 4 is 5.97 Å². The van der Waals surface area contributed by atoms with Crippen LogP contribution >= 0.6 is 0 Å². The van der Waals surface area contributed by atoms with E-state index in [0.717, 1.165) is 11.3 Å². The molecule has 0 aliphatic heterocycles. The van der Waals surface area contributed by atoms with Crippen molar-refractivity contribution < 1.29 is 14.6 Å². The van der Waals surface area contributed by atoms with Crippen LogP contribution in [0.5, 0.6) is 5.75 Å². The Hall–Kier alpha value is -1.55. The van der Waals surface area contributed by atoms with Crippen LogP contribution < -0.4 is 10.1 Å². The number of benzene rings is 1. The molecule has 4 heteroatoms. The SMILES string of the molecule is COc1ccc(C(C)(C)CNCC(=O)O)cc1. The molecule has 0 radical (unpaired) electrons. The summed E-state index contributed by atoms with van der Waals surface area (Å²) < 4.78 is 5.10. The quantitative estimate of drug-likeness (QED) is 0.789. The summed E-state index contributed by atoms with van der Waals surface area (Å²) in [5, 5.41) is 11.5. The zero-order chi connectivity index (χ0) is 12.9. The second-order valence-corrected chi connectivity index (χ2v) is 4.61. The van der Waals surface area contributed by atoms with Gasteiger partial charge in [-0.25, -0.2) is 0 Å². The van der Waals surface area contributed by atoms with Gasteiger partial charge in [0.15, 0.2) is 0 Å². The van der Waals surface area contributed by atoms with Gasteiger partial charge in [-0.3, -0.25) is 4.79 Å². The van der Waals surface area contributed by atoms with Crippen LogP contribution in [-0.4, -0.2) is 31.3 Å². The largest absolute Gasteiger partial charge is 0.497 e. The van der Waals surface area contributed by atoms with E-state index in [1.165, 1.54) is 0 Å². The Labute approximate surface area is 102 Å². The van der Waals surface area contributed by atoms with Crippen LogP contribution in [0.4, 0.5) is 0 Å². The van der Waals surface area contributed by atoms with Crippen molar-refractivity contribution in [1.29, 1.82) is 0 Å². The van der Waals surface area contributed by atoms with Crippen molar-refractivity contribution in [3.63, 3.8) is 0 Å². The summed E-state index contributed by atoms with van der Waals surface area (Å²) in [6, 6.07) is 7.82. The Bertz CT molecular complexity index is 371. The number of carboxylic acid groups (broad SMARTS) is 1. The molecule has 0 aliphatic rings. The number of nitrogens with one attached hydrogen (secondary N) is 1. The molecule has 0 amide bonds. The van der Waals surface area contributed by atoms with Crippen molar-refractivity contribution in [3.8, 4) is 5.75 Å². The predicted octanol–water partition coefficient (Wildman–Crippen LogP) is 1.65. The van der Waals surface area contributed by atoms with Crippen molar-refractivity contribution in [2.24, 2.45) is 0 Å². The number of rotatable bonds is 6. The summed E-state index contributed by atoms with van der Waals surface area (Å²) in [5.74, 6) is -0.0152. The molecule has 0 aromatic heterocycles. The van der Waals surface area contributed by atoms with Gasteiger partial charge < -0.3 is 15.2 Å². The van der Waals surface area contributed by atoms with Crippen molar-refractivity contribution in [2.45, 2.75) is 19.3 Å². The first kappa shape index (κ1) is 13.5. The minimum Gasteiger partial charge on any atom is -0.497 e. The molecule has 1 aromatic carbocycles. The van der Waals surface area contributed by atoms with Gasteiger partial charge in [-0.1, -0.05) is 26.0 Å². The summed E-state index contributed by atoms with van der Waals surface area (Å²) in [6.45, 7) is 4.75. The number of methoxy groups -OCH3 is 1. The van der Waals surface area contributed by atoms with Gasteiger partial charge in [-0.05, 0) is 17.7 Å². The Morgan fingerprint density at radius 3 is 2.41 bits per heavy atom. The molecule has 94 valence electrons. The summed E-state index contributed by atoms with van der Waals surface area (Å²) in [6.07, 6.45) is 0. The maximum Gasteiger partial charge on any atom is 0.317 e. The molecular formula is C13H19NO3. The fourth-order valence-electron chi connectivity index (χ4n) is 1.63. The molecule has 0 aliphatic carbocycles. The summed E-state index contributed by atoms with van der Waals surface area (Å²) in [4.78, 5) is 10.4.